The molecule has 2 aromatic rings. The molecular weight excluding hydrogens is 311 g/mol. The van der Waals surface area contributed by atoms with E-state index in [-0.39, 0.29) is 24.0 Å². The second kappa shape index (κ2) is 6.31. The van der Waals surface area contributed by atoms with Gasteiger partial charge in [-0.25, -0.2) is 4.68 Å². The van der Waals surface area contributed by atoms with Crippen LogP contribution >= 0.6 is 0 Å². The number of rotatable bonds is 4. The number of amides is 1. The van der Waals surface area contributed by atoms with Gasteiger partial charge in [0, 0.05) is 19.5 Å². The molecule has 0 saturated heterocycles. The van der Waals surface area contributed by atoms with Gasteiger partial charge in [0.05, 0.1) is 5.69 Å². The molecule has 8 heteroatoms. The van der Waals surface area contributed by atoms with E-state index in [4.69, 9.17) is 4.74 Å². The van der Waals surface area contributed by atoms with E-state index < -0.39 is 11.9 Å². The highest BCUT2D eigenvalue weighted by Crippen LogP contribution is 2.34. The smallest absolute Gasteiger partial charge is 0.435 e. The molecular formula is C15H16F3N3O2. The zero-order chi connectivity index (χ0) is 17.2. The monoisotopic (exact) mass is 327 g/mol. The molecule has 2 rings (SSSR count). The summed E-state index contributed by atoms with van der Waals surface area (Å²) in [6, 6.07) is 5.85. The van der Waals surface area contributed by atoms with Crippen LogP contribution < -0.4 is 10.1 Å². The van der Waals surface area contributed by atoms with Gasteiger partial charge < -0.3 is 10.1 Å². The SMILES string of the molecule is CCC(=O)Nc1ccc(C)cc1Oc1cc(C(F)(F)F)nn1C. The van der Waals surface area contributed by atoms with Gasteiger partial charge in [0.15, 0.2) is 11.4 Å². The molecule has 1 amide bonds. The Hall–Kier alpha value is -2.51. The van der Waals surface area contributed by atoms with Crippen LogP contribution in [-0.2, 0) is 18.0 Å². The lowest BCUT2D eigenvalue weighted by atomic mass is 10.2. The van der Waals surface area contributed by atoms with Crippen molar-refractivity contribution in [1.29, 1.82) is 0 Å². The molecule has 0 unspecified atom stereocenters. The molecule has 0 atom stereocenters. The molecule has 0 saturated carbocycles. The highest BCUT2D eigenvalue weighted by atomic mass is 19.4. The Balaban J connectivity index is 2.34. The van der Waals surface area contributed by atoms with Crippen molar-refractivity contribution in [3.8, 4) is 11.6 Å². The maximum absolute atomic E-state index is 12.7. The highest BCUT2D eigenvalue weighted by Gasteiger charge is 2.35. The van der Waals surface area contributed by atoms with Gasteiger partial charge in [0.25, 0.3) is 0 Å². The zero-order valence-electron chi connectivity index (χ0n) is 12.9. The van der Waals surface area contributed by atoms with Crippen LogP contribution in [0.3, 0.4) is 0 Å². The fourth-order valence-corrected chi connectivity index (χ4v) is 1.85. The minimum atomic E-state index is -4.55. The van der Waals surface area contributed by atoms with Crippen molar-refractivity contribution in [3.63, 3.8) is 0 Å². The van der Waals surface area contributed by atoms with Crippen LogP contribution in [0.5, 0.6) is 11.6 Å². The number of alkyl halides is 3. The lowest BCUT2D eigenvalue weighted by molar-refractivity contribution is -0.141. The van der Waals surface area contributed by atoms with Gasteiger partial charge in [-0.1, -0.05) is 13.0 Å². The molecule has 1 aromatic heterocycles. The van der Waals surface area contributed by atoms with Crippen molar-refractivity contribution >= 4 is 11.6 Å². The third-order valence-corrected chi connectivity index (χ3v) is 3.07. The van der Waals surface area contributed by atoms with Gasteiger partial charge in [-0.15, -0.1) is 0 Å². The topological polar surface area (TPSA) is 56.1 Å². The van der Waals surface area contributed by atoms with Gasteiger partial charge in [-0.3, -0.25) is 4.79 Å². The molecule has 1 aromatic carbocycles. The van der Waals surface area contributed by atoms with Crippen molar-refractivity contribution in [1.82, 2.24) is 9.78 Å². The molecule has 0 aliphatic carbocycles. The van der Waals surface area contributed by atoms with Crippen molar-refractivity contribution < 1.29 is 22.7 Å². The number of carbonyl (C=O) groups excluding carboxylic acids is 1. The minimum Gasteiger partial charge on any atom is -0.437 e. The number of benzene rings is 1. The normalized spacial score (nSPS) is 11.4. The molecule has 1 heterocycles. The van der Waals surface area contributed by atoms with Crippen LogP contribution in [0, 0.1) is 6.92 Å². The van der Waals surface area contributed by atoms with E-state index in [1.807, 2.05) is 6.92 Å². The Labute approximate surface area is 131 Å². The number of hydrogen-bond acceptors (Lipinski definition) is 3. The van der Waals surface area contributed by atoms with Gasteiger partial charge >= 0.3 is 6.18 Å². The molecule has 0 radical (unpaired) electrons. The number of ether oxygens (including phenoxy) is 1. The van der Waals surface area contributed by atoms with Crippen molar-refractivity contribution in [2.24, 2.45) is 7.05 Å². The quantitative estimate of drug-likeness (QED) is 0.927. The predicted molar refractivity (Wildman–Crippen MR) is 78.4 cm³/mol. The number of carbonyl (C=O) groups is 1. The van der Waals surface area contributed by atoms with Gasteiger partial charge in [0.2, 0.25) is 11.8 Å². The van der Waals surface area contributed by atoms with Crippen LogP contribution in [0.1, 0.15) is 24.6 Å². The van der Waals surface area contributed by atoms with Crippen LogP contribution in [0.15, 0.2) is 24.3 Å². The summed E-state index contributed by atoms with van der Waals surface area (Å²) in [5, 5.41) is 6.03. The van der Waals surface area contributed by atoms with E-state index in [0.717, 1.165) is 16.3 Å². The molecule has 0 aliphatic rings. The number of nitrogens with zero attached hydrogens (tertiary/aromatic N) is 2. The maximum Gasteiger partial charge on any atom is 0.435 e. The number of hydrogen-bond donors (Lipinski definition) is 1. The van der Waals surface area contributed by atoms with Crippen LogP contribution in [-0.4, -0.2) is 15.7 Å². The second-order valence-electron chi connectivity index (χ2n) is 4.99. The summed E-state index contributed by atoms with van der Waals surface area (Å²) in [5.74, 6) is -0.0434. The van der Waals surface area contributed by atoms with E-state index in [9.17, 15) is 18.0 Å². The largest absolute Gasteiger partial charge is 0.437 e. The number of aromatic nitrogens is 2. The Morgan fingerprint density at radius 2 is 2.04 bits per heavy atom. The molecule has 1 N–H and O–H groups in total. The van der Waals surface area contributed by atoms with Crippen LogP contribution in [0.25, 0.3) is 0 Å². The summed E-state index contributed by atoms with van der Waals surface area (Å²) in [4.78, 5) is 11.5. The van der Waals surface area contributed by atoms with Gasteiger partial charge in [-0.05, 0) is 24.6 Å². The van der Waals surface area contributed by atoms with E-state index in [0.29, 0.717) is 5.69 Å². The molecule has 5 nitrogen and oxygen atoms in total. The average Bonchev–Trinajstić information content (AvgIpc) is 2.83. The third kappa shape index (κ3) is 4.02. The molecule has 23 heavy (non-hydrogen) atoms. The molecule has 0 spiro atoms. The van der Waals surface area contributed by atoms with E-state index >= 15 is 0 Å². The minimum absolute atomic E-state index is 0.0741. The first-order chi connectivity index (χ1) is 10.7. The third-order valence-electron chi connectivity index (χ3n) is 3.07. The average molecular weight is 327 g/mol. The Bertz CT molecular complexity index is 723. The number of aryl methyl sites for hydroxylation is 2. The number of nitrogens with one attached hydrogen (secondary N) is 1. The van der Waals surface area contributed by atoms with Crippen LogP contribution in [0.2, 0.25) is 0 Å². The summed E-state index contributed by atoms with van der Waals surface area (Å²) >= 11 is 0. The summed E-state index contributed by atoms with van der Waals surface area (Å²) in [6.45, 7) is 3.50. The van der Waals surface area contributed by atoms with Crippen molar-refractivity contribution in [2.45, 2.75) is 26.4 Å². The lowest BCUT2D eigenvalue weighted by Crippen LogP contribution is -2.10. The van der Waals surface area contributed by atoms with E-state index in [1.54, 1.807) is 25.1 Å². The Morgan fingerprint density at radius 1 is 1.35 bits per heavy atom. The Kier molecular flexibility index (Phi) is 4.63. The fourth-order valence-electron chi connectivity index (χ4n) is 1.85. The summed E-state index contributed by atoms with van der Waals surface area (Å²) in [6.07, 6.45) is -4.28. The first-order valence-electron chi connectivity index (χ1n) is 6.90. The van der Waals surface area contributed by atoms with Gasteiger partial charge in [-0.2, -0.15) is 18.3 Å². The van der Waals surface area contributed by atoms with E-state index in [2.05, 4.69) is 10.4 Å². The summed E-state index contributed by atoms with van der Waals surface area (Å²) in [5.41, 5.74) is 0.187. The molecule has 124 valence electrons. The zero-order valence-corrected chi connectivity index (χ0v) is 12.9. The van der Waals surface area contributed by atoms with E-state index in [1.165, 1.54) is 7.05 Å². The van der Waals surface area contributed by atoms with Gasteiger partial charge in [0.1, 0.15) is 0 Å². The first-order valence-corrected chi connectivity index (χ1v) is 6.90. The van der Waals surface area contributed by atoms with Crippen molar-refractivity contribution in [2.75, 3.05) is 5.32 Å². The molecule has 0 aliphatic heterocycles. The first kappa shape index (κ1) is 16.9. The lowest BCUT2D eigenvalue weighted by Gasteiger charge is -2.12. The maximum atomic E-state index is 12.7. The molecule has 0 bridgehead atoms. The second-order valence-corrected chi connectivity index (χ2v) is 4.99. The Morgan fingerprint density at radius 3 is 2.61 bits per heavy atom. The highest BCUT2D eigenvalue weighted by molar-refractivity contribution is 5.92. The fraction of sp³-hybridized carbons (Fsp3) is 0.333. The predicted octanol–water partition coefficient (Wildman–Crippen LogP) is 3.89. The standard InChI is InChI=1S/C15H16F3N3O2/c1-4-13(22)19-10-6-5-9(2)7-11(10)23-14-8-12(15(16,17)18)20-21(14)3/h5-8H,4H2,1-3H3,(H,19,22). The summed E-state index contributed by atoms with van der Waals surface area (Å²) < 4.78 is 44.6. The van der Waals surface area contributed by atoms with Crippen molar-refractivity contribution in [3.05, 3.63) is 35.5 Å². The number of anilines is 1. The molecule has 0 fully saturated rings. The van der Waals surface area contributed by atoms with Crippen LogP contribution in [0.4, 0.5) is 18.9 Å². The number of halogens is 3. The summed E-state index contributed by atoms with van der Waals surface area (Å²) in [7, 11) is 1.35.